The van der Waals surface area contributed by atoms with Crippen molar-refractivity contribution in [2.45, 2.75) is 400 Å². The lowest BCUT2D eigenvalue weighted by molar-refractivity contribution is -0.167. The van der Waals surface area contributed by atoms with E-state index in [9.17, 15) is 14.4 Å². The van der Waals surface area contributed by atoms with Crippen LogP contribution in [0.5, 0.6) is 0 Å². The van der Waals surface area contributed by atoms with Gasteiger partial charge in [-0.3, -0.25) is 14.4 Å². The topological polar surface area (TPSA) is 78.9 Å². The summed E-state index contributed by atoms with van der Waals surface area (Å²) in [6.07, 6.45) is 69.6. The van der Waals surface area contributed by atoms with E-state index in [-0.39, 0.29) is 31.1 Å². The predicted molar refractivity (Wildman–Crippen MR) is 326 cm³/mol. The quantitative estimate of drug-likeness (QED) is 0.0343. The largest absolute Gasteiger partial charge is 0.462 e. The average Bonchev–Trinajstić information content (AvgIpc) is 3.40. The van der Waals surface area contributed by atoms with Crippen LogP contribution >= 0.6 is 0 Å². The van der Waals surface area contributed by atoms with Crippen molar-refractivity contribution in [3.8, 4) is 0 Å². The lowest BCUT2D eigenvalue weighted by Crippen LogP contribution is -2.30. The van der Waals surface area contributed by atoms with Crippen LogP contribution in [0.25, 0.3) is 0 Å². The van der Waals surface area contributed by atoms with Crippen molar-refractivity contribution in [2.24, 2.45) is 11.8 Å². The summed E-state index contributed by atoms with van der Waals surface area (Å²) in [5, 5.41) is 0. The number of ether oxygens (including phenoxy) is 3. The number of esters is 3. The van der Waals surface area contributed by atoms with E-state index in [2.05, 4.69) is 34.6 Å². The van der Waals surface area contributed by atoms with Crippen LogP contribution in [0.4, 0.5) is 0 Å². The van der Waals surface area contributed by atoms with Crippen molar-refractivity contribution in [3.63, 3.8) is 0 Å². The van der Waals surface area contributed by atoms with Crippen molar-refractivity contribution in [2.75, 3.05) is 13.2 Å². The molecule has 0 fully saturated rings. The highest BCUT2D eigenvalue weighted by atomic mass is 16.6. The molecule has 446 valence electrons. The number of carbonyl (C=O) groups excluding carboxylic acids is 3. The average molecular weight is 1060 g/mol. The molecule has 0 rings (SSSR count). The van der Waals surface area contributed by atoms with Gasteiger partial charge in [0.25, 0.3) is 0 Å². The zero-order valence-corrected chi connectivity index (χ0v) is 51.7. The van der Waals surface area contributed by atoms with Crippen molar-refractivity contribution >= 4 is 17.9 Å². The summed E-state index contributed by atoms with van der Waals surface area (Å²) in [5.41, 5.74) is 0. The maximum atomic E-state index is 12.9. The fourth-order valence-corrected chi connectivity index (χ4v) is 10.8. The molecular formula is C69H134O6. The van der Waals surface area contributed by atoms with Crippen molar-refractivity contribution < 1.29 is 28.6 Å². The molecule has 0 amide bonds. The Morgan fingerprint density at radius 1 is 0.280 bits per heavy atom. The molecule has 0 saturated heterocycles. The number of rotatable bonds is 63. The second-order valence-electron chi connectivity index (χ2n) is 24.5. The smallest absolute Gasteiger partial charge is 0.306 e. The van der Waals surface area contributed by atoms with Gasteiger partial charge in [0.1, 0.15) is 13.2 Å². The number of hydrogen-bond donors (Lipinski definition) is 0. The first-order valence-electron chi connectivity index (χ1n) is 34.3. The summed E-state index contributed by atoms with van der Waals surface area (Å²) < 4.78 is 17.0. The minimum atomic E-state index is -0.764. The lowest BCUT2D eigenvalue weighted by atomic mass is 9.99. The Balaban J connectivity index is 4.27. The molecule has 0 aliphatic carbocycles. The Bertz CT molecular complexity index is 1150. The number of hydrogen-bond acceptors (Lipinski definition) is 6. The second-order valence-corrected chi connectivity index (χ2v) is 24.5. The minimum absolute atomic E-state index is 0.0613. The normalized spacial score (nSPS) is 12.4. The molecule has 6 heteroatoms. The fourth-order valence-electron chi connectivity index (χ4n) is 10.8. The Kier molecular flexibility index (Phi) is 60.3. The van der Waals surface area contributed by atoms with Gasteiger partial charge in [-0.2, -0.15) is 0 Å². The van der Waals surface area contributed by atoms with Crippen LogP contribution in [0.15, 0.2) is 0 Å². The molecular weight excluding hydrogens is 925 g/mol. The first kappa shape index (κ1) is 73.4. The van der Waals surface area contributed by atoms with Gasteiger partial charge in [0, 0.05) is 19.3 Å². The molecule has 6 nitrogen and oxygen atoms in total. The zero-order chi connectivity index (χ0) is 54.6. The standard InChI is InChI=1S/C69H134O6/c1-6-8-9-10-11-12-13-14-15-16-20-24-31-36-41-46-51-56-61-69(72)75-66(63-74-68(71)60-55-50-45-40-35-30-26-25-27-32-37-42-47-52-57-64(3)4)62-73-67(70)59-54-49-44-39-34-29-23-21-18-17-19-22-28-33-38-43-48-53-58-65(5)7-2/h64-66H,6-63H2,1-5H3/t65?,66-/m1/s1. The molecule has 0 saturated carbocycles. The third-order valence-corrected chi connectivity index (χ3v) is 16.3. The van der Waals surface area contributed by atoms with Gasteiger partial charge in [0.15, 0.2) is 6.10 Å². The molecule has 0 aliphatic rings. The third-order valence-electron chi connectivity index (χ3n) is 16.3. The fraction of sp³-hybridized carbons (Fsp3) is 0.957. The van der Waals surface area contributed by atoms with Gasteiger partial charge < -0.3 is 14.2 Å². The SMILES string of the molecule is CCCCCCCCCCCCCCCCCCCCC(=O)O[C@H](COC(=O)CCCCCCCCCCCCCCCCCCCCC(C)CC)COC(=O)CCCCCCCCCCCCCCCCC(C)C. The molecule has 0 aromatic rings. The molecule has 0 spiro atoms. The molecule has 0 aliphatic heterocycles. The van der Waals surface area contributed by atoms with Crippen LogP contribution in [0, 0.1) is 11.8 Å². The summed E-state index contributed by atoms with van der Waals surface area (Å²) in [6.45, 7) is 11.5. The summed E-state index contributed by atoms with van der Waals surface area (Å²) in [5.74, 6) is 0.929. The maximum absolute atomic E-state index is 12.9. The van der Waals surface area contributed by atoms with Gasteiger partial charge in [0.05, 0.1) is 0 Å². The van der Waals surface area contributed by atoms with Crippen LogP contribution in [-0.4, -0.2) is 37.2 Å². The first-order chi connectivity index (χ1) is 36.8. The van der Waals surface area contributed by atoms with E-state index in [1.807, 2.05) is 0 Å². The molecule has 1 unspecified atom stereocenters. The Morgan fingerprint density at radius 2 is 0.507 bits per heavy atom. The summed E-state index contributed by atoms with van der Waals surface area (Å²) in [6, 6.07) is 0. The van der Waals surface area contributed by atoms with E-state index in [1.54, 1.807) is 0 Å². The van der Waals surface area contributed by atoms with E-state index in [1.165, 1.54) is 283 Å². The lowest BCUT2D eigenvalue weighted by Gasteiger charge is -2.18. The van der Waals surface area contributed by atoms with Crippen molar-refractivity contribution in [3.05, 3.63) is 0 Å². The van der Waals surface area contributed by atoms with Crippen molar-refractivity contribution in [1.29, 1.82) is 0 Å². The summed E-state index contributed by atoms with van der Waals surface area (Å²) in [7, 11) is 0. The van der Waals surface area contributed by atoms with E-state index in [4.69, 9.17) is 14.2 Å². The van der Waals surface area contributed by atoms with Gasteiger partial charge in [-0.05, 0) is 31.1 Å². The molecule has 0 aromatic heterocycles. The predicted octanol–water partition coefficient (Wildman–Crippen LogP) is 23.2. The molecule has 2 atom stereocenters. The second kappa shape index (κ2) is 61.6. The van der Waals surface area contributed by atoms with Crippen LogP contribution in [0.3, 0.4) is 0 Å². The van der Waals surface area contributed by atoms with Gasteiger partial charge >= 0.3 is 17.9 Å². The third kappa shape index (κ3) is 61.5. The van der Waals surface area contributed by atoms with E-state index in [0.29, 0.717) is 19.3 Å². The summed E-state index contributed by atoms with van der Waals surface area (Å²) in [4.78, 5) is 38.4. The molecule has 0 bridgehead atoms. The van der Waals surface area contributed by atoms with E-state index >= 15 is 0 Å². The van der Waals surface area contributed by atoms with Crippen LogP contribution in [0.1, 0.15) is 394 Å². The van der Waals surface area contributed by atoms with Gasteiger partial charge in [-0.1, -0.05) is 356 Å². The molecule has 0 radical (unpaired) electrons. The van der Waals surface area contributed by atoms with Crippen LogP contribution in [0.2, 0.25) is 0 Å². The highest BCUT2D eigenvalue weighted by Crippen LogP contribution is 2.20. The monoisotopic (exact) mass is 1060 g/mol. The zero-order valence-electron chi connectivity index (χ0n) is 51.7. The van der Waals surface area contributed by atoms with Gasteiger partial charge in [-0.25, -0.2) is 0 Å². The van der Waals surface area contributed by atoms with Crippen LogP contribution < -0.4 is 0 Å². The van der Waals surface area contributed by atoms with Crippen molar-refractivity contribution in [1.82, 2.24) is 0 Å². The van der Waals surface area contributed by atoms with E-state index < -0.39 is 6.10 Å². The molecule has 75 heavy (non-hydrogen) atoms. The molecule has 0 N–H and O–H groups in total. The molecule has 0 aromatic carbocycles. The Hall–Kier alpha value is -1.59. The minimum Gasteiger partial charge on any atom is -0.462 e. The Morgan fingerprint density at radius 3 is 0.760 bits per heavy atom. The number of carbonyl (C=O) groups is 3. The van der Waals surface area contributed by atoms with Gasteiger partial charge in [-0.15, -0.1) is 0 Å². The molecule has 0 heterocycles. The maximum Gasteiger partial charge on any atom is 0.306 e. The summed E-state index contributed by atoms with van der Waals surface area (Å²) >= 11 is 0. The first-order valence-corrected chi connectivity index (χ1v) is 34.3. The highest BCUT2D eigenvalue weighted by Gasteiger charge is 2.20. The van der Waals surface area contributed by atoms with Gasteiger partial charge in [0.2, 0.25) is 0 Å². The highest BCUT2D eigenvalue weighted by molar-refractivity contribution is 5.71. The van der Waals surface area contributed by atoms with E-state index in [0.717, 1.165) is 69.6 Å². The van der Waals surface area contributed by atoms with Crippen LogP contribution in [-0.2, 0) is 28.6 Å². The number of unbranched alkanes of at least 4 members (excludes halogenated alkanes) is 47. The Labute approximate surface area is 469 Å².